The molecule has 0 fully saturated rings. The van der Waals surface area contributed by atoms with Gasteiger partial charge < -0.3 is 20.1 Å². The van der Waals surface area contributed by atoms with E-state index in [-0.39, 0.29) is 43.5 Å². The van der Waals surface area contributed by atoms with E-state index in [2.05, 4.69) is 4.98 Å². The summed E-state index contributed by atoms with van der Waals surface area (Å²) < 4.78 is 11.6. The van der Waals surface area contributed by atoms with Gasteiger partial charge in [-0.25, -0.2) is 4.79 Å². The number of H-pyrrole nitrogens is 1. The van der Waals surface area contributed by atoms with Gasteiger partial charge in [0, 0.05) is 26.9 Å². The molecule has 9 heteroatoms. The number of methoxy groups -OCH3 is 1. The van der Waals surface area contributed by atoms with Crippen molar-refractivity contribution < 1.29 is 14.3 Å². The van der Waals surface area contributed by atoms with E-state index in [0.717, 1.165) is 5.56 Å². The molecule has 0 aliphatic carbocycles. The van der Waals surface area contributed by atoms with Crippen LogP contribution in [0.25, 0.3) is 0 Å². The number of aromatic nitrogens is 2. The predicted molar refractivity (Wildman–Crippen MR) is 111 cm³/mol. The van der Waals surface area contributed by atoms with E-state index in [1.165, 1.54) is 9.47 Å². The van der Waals surface area contributed by atoms with Gasteiger partial charge in [-0.1, -0.05) is 30.3 Å². The van der Waals surface area contributed by atoms with Crippen molar-refractivity contribution >= 4 is 17.4 Å². The summed E-state index contributed by atoms with van der Waals surface area (Å²) in [7, 11) is 1.56. The Balaban J connectivity index is 2.42. The average Bonchev–Trinajstić information content (AvgIpc) is 2.71. The molecule has 0 radical (unpaired) electrons. The fourth-order valence-corrected chi connectivity index (χ4v) is 2.93. The van der Waals surface area contributed by atoms with Gasteiger partial charge >= 0.3 is 5.69 Å². The predicted octanol–water partition coefficient (Wildman–Crippen LogP) is 0.963. The molecule has 1 aromatic heterocycles. The second-order valence-electron chi connectivity index (χ2n) is 6.40. The van der Waals surface area contributed by atoms with E-state index in [0.29, 0.717) is 19.6 Å². The Morgan fingerprint density at radius 3 is 2.59 bits per heavy atom. The zero-order valence-corrected chi connectivity index (χ0v) is 16.8. The van der Waals surface area contributed by atoms with E-state index in [1.807, 2.05) is 37.3 Å². The number of carbonyl (C=O) groups excluding carboxylic acids is 1. The van der Waals surface area contributed by atoms with E-state index >= 15 is 0 Å². The number of rotatable bonds is 11. The number of ether oxygens (including phenoxy) is 2. The van der Waals surface area contributed by atoms with Gasteiger partial charge in [0.15, 0.2) is 5.69 Å². The Kier molecular flexibility index (Phi) is 8.63. The summed E-state index contributed by atoms with van der Waals surface area (Å²) in [6, 6.07) is 9.25. The lowest BCUT2D eigenvalue weighted by atomic mass is 10.2. The lowest BCUT2D eigenvalue weighted by Gasteiger charge is -2.24. The molecule has 2 aromatic rings. The second-order valence-corrected chi connectivity index (χ2v) is 6.40. The third kappa shape index (κ3) is 6.03. The maximum atomic E-state index is 12.8. The number of carbonyl (C=O) groups is 1. The Morgan fingerprint density at radius 2 is 1.93 bits per heavy atom. The molecule has 158 valence electrons. The van der Waals surface area contributed by atoms with Crippen molar-refractivity contribution in [3.63, 3.8) is 0 Å². The average molecular weight is 404 g/mol. The van der Waals surface area contributed by atoms with Crippen molar-refractivity contribution in [1.29, 1.82) is 0 Å². The van der Waals surface area contributed by atoms with Gasteiger partial charge in [0.05, 0.1) is 19.6 Å². The lowest BCUT2D eigenvalue weighted by molar-refractivity contribution is -0.119. The number of nitrogen functional groups attached to an aromatic ring is 1. The third-order valence-electron chi connectivity index (χ3n) is 4.36. The van der Waals surface area contributed by atoms with E-state index in [4.69, 9.17) is 15.2 Å². The zero-order chi connectivity index (χ0) is 21.2. The minimum absolute atomic E-state index is 0.0295. The molecule has 2 rings (SSSR count). The van der Waals surface area contributed by atoms with Crippen molar-refractivity contribution in [1.82, 2.24) is 9.55 Å². The molecule has 3 N–H and O–H groups in total. The molecule has 0 aliphatic heterocycles. The van der Waals surface area contributed by atoms with Crippen LogP contribution in [0.3, 0.4) is 0 Å². The molecule has 1 heterocycles. The quantitative estimate of drug-likeness (QED) is 0.539. The van der Waals surface area contributed by atoms with Crippen LogP contribution in [0.5, 0.6) is 0 Å². The van der Waals surface area contributed by atoms with Crippen LogP contribution in [-0.4, -0.2) is 48.9 Å². The number of nitrogens with one attached hydrogen (secondary N) is 1. The summed E-state index contributed by atoms with van der Waals surface area (Å²) in [5.41, 5.74) is 5.71. The summed E-state index contributed by atoms with van der Waals surface area (Å²) in [5.74, 6) is -0.360. The van der Waals surface area contributed by atoms with Crippen LogP contribution >= 0.6 is 0 Å². The number of nitrogens with zero attached hydrogens (tertiary/aromatic N) is 2. The summed E-state index contributed by atoms with van der Waals surface area (Å²) in [6.07, 6.45) is 0.602. The van der Waals surface area contributed by atoms with Gasteiger partial charge in [0.25, 0.3) is 5.56 Å². The highest BCUT2D eigenvalue weighted by molar-refractivity contribution is 5.95. The van der Waals surface area contributed by atoms with Crippen LogP contribution in [0.1, 0.15) is 25.3 Å². The van der Waals surface area contributed by atoms with E-state index < -0.39 is 11.2 Å². The van der Waals surface area contributed by atoms with Crippen molar-refractivity contribution in [2.75, 3.05) is 44.1 Å². The molecule has 29 heavy (non-hydrogen) atoms. The first-order valence-corrected chi connectivity index (χ1v) is 9.53. The molecule has 0 unspecified atom stereocenters. The maximum absolute atomic E-state index is 12.8. The van der Waals surface area contributed by atoms with Crippen molar-refractivity contribution in [2.45, 2.75) is 26.3 Å². The Labute approximate surface area is 169 Å². The monoisotopic (exact) mass is 404 g/mol. The highest BCUT2D eigenvalue weighted by Gasteiger charge is 2.24. The molecule has 0 bridgehead atoms. The number of nitrogens with two attached hydrogens (primary N) is 1. The SMILES string of the molecule is CCOCCC(=O)N(CCCOC)c1c(N)n(Cc2ccccc2)c(=O)[nH]c1=O. The summed E-state index contributed by atoms with van der Waals surface area (Å²) in [6.45, 7) is 3.38. The van der Waals surface area contributed by atoms with Gasteiger partial charge in [-0.15, -0.1) is 0 Å². The molecule has 0 saturated heterocycles. The molecule has 0 aliphatic rings. The summed E-state index contributed by atoms with van der Waals surface area (Å²) in [5, 5.41) is 0. The van der Waals surface area contributed by atoms with Gasteiger partial charge in [0.1, 0.15) is 5.82 Å². The number of amides is 1. The van der Waals surface area contributed by atoms with E-state index in [9.17, 15) is 14.4 Å². The Bertz CT molecular complexity index is 907. The van der Waals surface area contributed by atoms with Crippen molar-refractivity contribution in [3.05, 3.63) is 56.7 Å². The number of aromatic amines is 1. The fraction of sp³-hybridized carbons (Fsp3) is 0.450. The Hall–Kier alpha value is -2.91. The molecular weight excluding hydrogens is 376 g/mol. The smallest absolute Gasteiger partial charge is 0.330 e. The zero-order valence-electron chi connectivity index (χ0n) is 16.8. The molecule has 0 saturated carbocycles. The van der Waals surface area contributed by atoms with Gasteiger partial charge in [-0.2, -0.15) is 0 Å². The first-order valence-electron chi connectivity index (χ1n) is 9.53. The maximum Gasteiger partial charge on any atom is 0.330 e. The van der Waals surface area contributed by atoms with Crippen LogP contribution in [-0.2, 0) is 20.8 Å². The Morgan fingerprint density at radius 1 is 1.21 bits per heavy atom. The third-order valence-corrected chi connectivity index (χ3v) is 4.36. The first kappa shape index (κ1) is 22.4. The molecule has 1 aromatic carbocycles. The second kappa shape index (κ2) is 11.2. The minimum atomic E-state index is -0.695. The number of benzene rings is 1. The largest absolute Gasteiger partial charge is 0.385 e. The topological polar surface area (TPSA) is 120 Å². The van der Waals surface area contributed by atoms with E-state index in [1.54, 1.807) is 7.11 Å². The van der Waals surface area contributed by atoms with Crippen molar-refractivity contribution in [2.24, 2.45) is 0 Å². The number of anilines is 2. The molecule has 0 atom stereocenters. The van der Waals surface area contributed by atoms with Crippen LogP contribution in [0.4, 0.5) is 11.5 Å². The standard InChI is InChI=1S/C20H28N4O5/c1-3-29-13-10-16(25)23(11-7-12-28-2)17-18(21)24(20(27)22-19(17)26)14-15-8-5-4-6-9-15/h4-6,8-9H,3,7,10-14,21H2,1-2H3,(H,22,26,27). The van der Waals surface area contributed by atoms with Gasteiger partial charge in [-0.05, 0) is 18.9 Å². The van der Waals surface area contributed by atoms with Gasteiger partial charge in [-0.3, -0.25) is 19.1 Å². The molecule has 9 nitrogen and oxygen atoms in total. The van der Waals surface area contributed by atoms with Crippen LogP contribution in [0, 0.1) is 0 Å². The number of hydrogen-bond acceptors (Lipinski definition) is 6. The number of hydrogen-bond donors (Lipinski definition) is 2. The molecular formula is C20H28N4O5. The molecule has 1 amide bonds. The highest BCUT2D eigenvalue weighted by atomic mass is 16.5. The van der Waals surface area contributed by atoms with Crippen LogP contribution in [0.2, 0.25) is 0 Å². The van der Waals surface area contributed by atoms with Crippen molar-refractivity contribution in [3.8, 4) is 0 Å². The first-order chi connectivity index (χ1) is 14.0. The normalized spacial score (nSPS) is 10.8. The summed E-state index contributed by atoms with van der Waals surface area (Å²) >= 11 is 0. The fourth-order valence-electron chi connectivity index (χ4n) is 2.93. The molecule has 0 spiro atoms. The van der Waals surface area contributed by atoms with Crippen LogP contribution < -0.4 is 21.9 Å². The minimum Gasteiger partial charge on any atom is -0.385 e. The highest BCUT2D eigenvalue weighted by Crippen LogP contribution is 2.19. The van der Waals surface area contributed by atoms with Crippen LogP contribution in [0.15, 0.2) is 39.9 Å². The van der Waals surface area contributed by atoms with Gasteiger partial charge in [0.2, 0.25) is 5.91 Å². The lowest BCUT2D eigenvalue weighted by Crippen LogP contribution is -2.42. The summed E-state index contributed by atoms with van der Waals surface area (Å²) in [4.78, 5) is 41.3.